The Morgan fingerprint density at radius 1 is 1.12 bits per heavy atom. The normalized spacial score (nSPS) is 12.1. The number of carbonyl (C=O) groups excluding carboxylic acids is 1. The predicted molar refractivity (Wildman–Crippen MR) is 160 cm³/mol. The molecule has 3 aromatic carbocycles. The molecular weight excluding hydrogens is 540 g/mol. The second-order valence-electron chi connectivity index (χ2n) is 9.87. The van der Waals surface area contributed by atoms with E-state index in [9.17, 15) is 19.7 Å². The van der Waals surface area contributed by atoms with Gasteiger partial charge < -0.3 is 14.2 Å². The molecule has 0 aliphatic rings. The highest BCUT2D eigenvalue weighted by molar-refractivity contribution is 5.86. The highest BCUT2D eigenvalue weighted by atomic mass is 16.6. The van der Waals surface area contributed by atoms with Crippen LogP contribution in [0, 0.1) is 17.0 Å². The van der Waals surface area contributed by atoms with Crippen molar-refractivity contribution in [3.05, 3.63) is 91.8 Å². The van der Waals surface area contributed by atoms with Gasteiger partial charge in [-0.2, -0.15) is 9.78 Å². The fourth-order valence-electron chi connectivity index (χ4n) is 4.46. The van der Waals surface area contributed by atoms with Crippen molar-refractivity contribution in [2.75, 3.05) is 13.7 Å². The van der Waals surface area contributed by atoms with Gasteiger partial charge in [-0.05, 0) is 68.1 Å². The van der Waals surface area contributed by atoms with Crippen LogP contribution in [0.5, 0.6) is 11.5 Å². The first kappa shape index (κ1) is 29.9. The van der Waals surface area contributed by atoms with Crippen LogP contribution in [-0.4, -0.2) is 46.6 Å². The molecule has 0 bridgehead atoms. The zero-order valence-electron chi connectivity index (χ0n) is 24.3. The average Bonchev–Trinajstić information content (AvgIpc) is 2.96. The van der Waals surface area contributed by atoms with Crippen molar-refractivity contribution in [2.24, 2.45) is 5.10 Å². The van der Waals surface area contributed by atoms with Crippen LogP contribution in [0.2, 0.25) is 0 Å². The van der Waals surface area contributed by atoms with Crippen molar-refractivity contribution >= 4 is 28.8 Å². The smallest absolute Gasteiger partial charge is 0.346 e. The quantitative estimate of drug-likeness (QED) is 0.103. The molecular formula is C31H32N4O7. The van der Waals surface area contributed by atoms with Gasteiger partial charge in [-0.3, -0.25) is 14.9 Å². The van der Waals surface area contributed by atoms with E-state index in [0.717, 1.165) is 16.9 Å². The number of fused-ring (bicyclic) bond motifs is 1. The molecule has 42 heavy (non-hydrogen) atoms. The summed E-state index contributed by atoms with van der Waals surface area (Å²) in [5.74, 6) is 0.681. The molecule has 0 saturated heterocycles. The third kappa shape index (κ3) is 6.14. The van der Waals surface area contributed by atoms with Gasteiger partial charge in [0, 0.05) is 23.3 Å². The number of benzene rings is 3. The molecule has 0 amide bonds. The van der Waals surface area contributed by atoms with Crippen LogP contribution < -0.4 is 15.0 Å². The Labute approximate surface area is 242 Å². The highest BCUT2D eigenvalue weighted by Crippen LogP contribution is 2.34. The van der Waals surface area contributed by atoms with E-state index < -0.39 is 22.6 Å². The van der Waals surface area contributed by atoms with E-state index in [1.807, 2.05) is 26.0 Å². The van der Waals surface area contributed by atoms with Crippen LogP contribution in [0.1, 0.15) is 50.3 Å². The van der Waals surface area contributed by atoms with Crippen LogP contribution in [0.3, 0.4) is 0 Å². The summed E-state index contributed by atoms with van der Waals surface area (Å²) < 4.78 is 17.5. The van der Waals surface area contributed by atoms with E-state index in [-0.39, 0.29) is 28.7 Å². The Morgan fingerprint density at radius 3 is 2.52 bits per heavy atom. The number of aryl methyl sites for hydroxylation is 1. The number of rotatable bonds is 10. The Kier molecular flexibility index (Phi) is 8.99. The lowest BCUT2D eigenvalue weighted by Crippen LogP contribution is -2.25. The third-order valence-corrected chi connectivity index (χ3v) is 6.63. The number of aromatic nitrogens is 2. The van der Waals surface area contributed by atoms with Crippen LogP contribution in [-0.2, 0) is 9.53 Å². The lowest BCUT2D eigenvalue weighted by Gasteiger charge is -2.18. The second-order valence-corrected chi connectivity index (χ2v) is 9.87. The Balaban J connectivity index is 1.95. The van der Waals surface area contributed by atoms with Gasteiger partial charge in [0.25, 0.3) is 11.2 Å². The standard InChI is InChI=1S/C31H32N4O7/c1-7-41-28-14-19(4)25(16-24(28)18(2)3)29-33-26-11-9-8-10-23(26)30(36)34(29)32-17-21-15-22(35(38)39)12-13-27(21)42-20(5)31(37)40-6/h8-18,20H,7H2,1-6H3/t20-/m0/s1. The highest BCUT2D eigenvalue weighted by Gasteiger charge is 2.21. The Bertz CT molecular complexity index is 1740. The van der Waals surface area contributed by atoms with E-state index in [4.69, 9.17) is 19.2 Å². The summed E-state index contributed by atoms with van der Waals surface area (Å²) in [4.78, 5) is 41.5. The van der Waals surface area contributed by atoms with Crippen LogP contribution in [0.15, 0.2) is 64.5 Å². The Morgan fingerprint density at radius 2 is 1.86 bits per heavy atom. The molecule has 1 heterocycles. The lowest BCUT2D eigenvalue weighted by atomic mass is 9.96. The minimum absolute atomic E-state index is 0.122. The molecule has 11 heteroatoms. The first-order valence-corrected chi connectivity index (χ1v) is 13.4. The van der Waals surface area contributed by atoms with Gasteiger partial charge in [0.05, 0.1) is 35.8 Å². The summed E-state index contributed by atoms with van der Waals surface area (Å²) >= 11 is 0. The molecule has 218 valence electrons. The minimum atomic E-state index is -0.995. The molecule has 0 fully saturated rings. The summed E-state index contributed by atoms with van der Waals surface area (Å²) in [5, 5.41) is 16.3. The van der Waals surface area contributed by atoms with Gasteiger partial charge in [0.15, 0.2) is 11.9 Å². The first-order valence-electron chi connectivity index (χ1n) is 13.4. The topological polar surface area (TPSA) is 135 Å². The summed E-state index contributed by atoms with van der Waals surface area (Å²) in [6.45, 7) is 9.92. The zero-order valence-corrected chi connectivity index (χ0v) is 24.3. The number of nitro groups is 1. The van der Waals surface area contributed by atoms with Crippen molar-refractivity contribution in [2.45, 2.75) is 46.6 Å². The van der Waals surface area contributed by atoms with Crippen molar-refractivity contribution in [3.63, 3.8) is 0 Å². The molecule has 0 radical (unpaired) electrons. The van der Waals surface area contributed by atoms with Gasteiger partial charge in [0.2, 0.25) is 0 Å². The fraction of sp³-hybridized carbons (Fsp3) is 0.290. The van der Waals surface area contributed by atoms with E-state index in [1.165, 1.54) is 43.1 Å². The predicted octanol–water partition coefficient (Wildman–Crippen LogP) is 5.62. The second kappa shape index (κ2) is 12.6. The number of nitrogens with zero attached hydrogens (tertiary/aromatic N) is 4. The number of non-ortho nitro benzene ring substituents is 1. The SMILES string of the molecule is CCOc1cc(C)c(-c2nc3ccccc3c(=O)n2N=Cc2cc([N+](=O)[O-])ccc2O[C@@H](C)C(=O)OC)cc1C(C)C. The molecule has 0 saturated carbocycles. The Hall–Kier alpha value is -5.06. The van der Waals surface area contributed by atoms with Crippen molar-refractivity contribution in [1.82, 2.24) is 9.66 Å². The number of hydrogen-bond donors (Lipinski definition) is 0. The number of hydrogen-bond acceptors (Lipinski definition) is 9. The van der Waals surface area contributed by atoms with Gasteiger partial charge in [0.1, 0.15) is 11.5 Å². The summed E-state index contributed by atoms with van der Waals surface area (Å²) in [7, 11) is 1.23. The van der Waals surface area contributed by atoms with Gasteiger partial charge >= 0.3 is 5.97 Å². The number of ether oxygens (including phenoxy) is 3. The molecule has 0 aliphatic heterocycles. The molecule has 11 nitrogen and oxygen atoms in total. The minimum Gasteiger partial charge on any atom is -0.494 e. The van der Waals surface area contributed by atoms with E-state index in [1.54, 1.807) is 24.3 Å². The summed E-state index contributed by atoms with van der Waals surface area (Å²) in [5.41, 5.74) is 2.47. The average molecular weight is 573 g/mol. The van der Waals surface area contributed by atoms with Crippen LogP contribution in [0.4, 0.5) is 5.69 Å². The maximum atomic E-state index is 13.8. The van der Waals surface area contributed by atoms with Gasteiger partial charge in [-0.1, -0.05) is 26.0 Å². The maximum Gasteiger partial charge on any atom is 0.346 e. The summed E-state index contributed by atoms with van der Waals surface area (Å²) in [6.07, 6.45) is 0.284. The van der Waals surface area contributed by atoms with Gasteiger partial charge in [-0.15, -0.1) is 0 Å². The number of carbonyl (C=O) groups is 1. The summed E-state index contributed by atoms with van der Waals surface area (Å²) in [6, 6.07) is 14.7. The number of methoxy groups -OCH3 is 1. The van der Waals surface area contributed by atoms with E-state index in [0.29, 0.717) is 23.1 Å². The first-order chi connectivity index (χ1) is 20.0. The number of para-hydroxylation sites is 1. The van der Waals surface area contributed by atoms with E-state index >= 15 is 0 Å². The molecule has 0 unspecified atom stereocenters. The molecule has 4 rings (SSSR count). The monoisotopic (exact) mass is 572 g/mol. The van der Waals surface area contributed by atoms with Gasteiger partial charge in [-0.25, -0.2) is 9.78 Å². The lowest BCUT2D eigenvalue weighted by molar-refractivity contribution is -0.384. The molecule has 0 spiro atoms. The van der Waals surface area contributed by atoms with Crippen LogP contribution >= 0.6 is 0 Å². The van der Waals surface area contributed by atoms with Crippen molar-refractivity contribution < 1.29 is 23.9 Å². The van der Waals surface area contributed by atoms with Crippen molar-refractivity contribution in [3.8, 4) is 22.9 Å². The van der Waals surface area contributed by atoms with E-state index in [2.05, 4.69) is 18.9 Å². The maximum absolute atomic E-state index is 13.8. The number of esters is 1. The molecule has 1 aromatic heterocycles. The molecule has 1 atom stereocenters. The molecule has 0 aliphatic carbocycles. The van der Waals surface area contributed by atoms with Crippen LogP contribution in [0.25, 0.3) is 22.3 Å². The largest absolute Gasteiger partial charge is 0.494 e. The fourth-order valence-corrected chi connectivity index (χ4v) is 4.46. The molecule has 4 aromatic rings. The molecule has 0 N–H and O–H groups in total. The van der Waals surface area contributed by atoms with Crippen molar-refractivity contribution in [1.29, 1.82) is 0 Å². The zero-order chi connectivity index (χ0) is 30.6. The third-order valence-electron chi connectivity index (χ3n) is 6.63. The number of nitro benzene ring substituents is 1.